The maximum absolute atomic E-state index is 11.3. The molecule has 2 aromatic carbocycles. The highest BCUT2D eigenvalue weighted by molar-refractivity contribution is 5.88. The molecule has 112 valence electrons. The molecule has 0 saturated heterocycles. The Labute approximate surface area is 129 Å². The smallest absolute Gasteiger partial charge is 0.308 e. The number of aromatic carboxylic acids is 1. The fourth-order valence-electron chi connectivity index (χ4n) is 2.35. The third kappa shape index (κ3) is 3.11. The van der Waals surface area contributed by atoms with Crippen molar-refractivity contribution in [3.05, 3.63) is 72.1 Å². The van der Waals surface area contributed by atoms with E-state index in [-0.39, 0.29) is 5.56 Å². The maximum atomic E-state index is 11.3. The summed E-state index contributed by atoms with van der Waals surface area (Å²) in [6.07, 6.45) is 0. The molecule has 0 aliphatic rings. The van der Waals surface area contributed by atoms with Crippen molar-refractivity contribution in [2.24, 2.45) is 0 Å². The van der Waals surface area contributed by atoms with Gasteiger partial charge in [0.25, 0.3) is 0 Å². The molecular weight excluding hydrogens is 280 g/mol. The van der Waals surface area contributed by atoms with Crippen LogP contribution in [0.25, 0.3) is 0 Å². The van der Waals surface area contributed by atoms with Gasteiger partial charge in [-0.15, -0.1) is 0 Å². The number of hydrogen-bond acceptors (Lipinski definition) is 4. The molecule has 0 spiro atoms. The number of ether oxygens (including phenoxy) is 1. The first-order valence-corrected chi connectivity index (χ1v) is 6.77. The highest BCUT2D eigenvalue weighted by Gasteiger charge is 2.33. The summed E-state index contributed by atoms with van der Waals surface area (Å²) in [6, 6.07) is 13.5. The van der Waals surface area contributed by atoms with Crippen molar-refractivity contribution in [3.8, 4) is 5.75 Å². The molecule has 0 aliphatic heterocycles. The van der Waals surface area contributed by atoms with Crippen molar-refractivity contribution in [2.45, 2.75) is 19.3 Å². The number of carbonyl (C=O) groups excluding carboxylic acids is 2. The number of esters is 1. The van der Waals surface area contributed by atoms with E-state index in [0.717, 1.165) is 5.56 Å². The minimum atomic E-state index is -1.23. The summed E-state index contributed by atoms with van der Waals surface area (Å²) in [5.74, 6) is -1.20. The number of rotatable bonds is 4. The topological polar surface area (TPSA) is 66.4 Å². The Balaban J connectivity index is 2.42. The van der Waals surface area contributed by atoms with E-state index >= 15 is 0 Å². The molecule has 0 bridgehead atoms. The summed E-state index contributed by atoms with van der Waals surface area (Å²) in [6.45, 7) is 7.30. The number of hydrogen-bond donors (Lipinski definition) is 0. The van der Waals surface area contributed by atoms with Gasteiger partial charge in [-0.1, -0.05) is 36.4 Å². The molecule has 2 rings (SSSR count). The van der Waals surface area contributed by atoms with Gasteiger partial charge >= 0.3 is 5.97 Å². The molecular formula is C18H16O4. The first kappa shape index (κ1) is 15.6. The lowest BCUT2D eigenvalue weighted by molar-refractivity contribution is -0.255. The van der Waals surface area contributed by atoms with Gasteiger partial charge in [0.1, 0.15) is 5.75 Å². The third-order valence-corrected chi connectivity index (χ3v) is 3.49. The lowest BCUT2D eigenvalue weighted by atomic mass is 9.76. The predicted molar refractivity (Wildman–Crippen MR) is 80.3 cm³/mol. The molecule has 0 amide bonds. The number of carboxylic acid groups (broad SMARTS) is 1. The Kier molecular flexibility index (Phi) is 4.22. The first-order chi connectivity index (χ1) is 10.3. The normalized spacial score (nSPS) is 13.2. The predicted octanol–water partition coefficient (Wildman–Crippen LogP) is 2.12. The van der Waals surface area contributed by atoms with Gasteiger partial charge in [0.15, 0.2) is 5.41 Å². The second-order valence-electron chi connectivity index (χ2n) is 5.28. The SMILES string of the molecule is [CH2+]C(C)(c1ccc(OC(C)=O)cc1)c1ccccc1C(=O)[O-]. The zero-order chi connectivity index (χ0) is 16.3. The van der Waals surface area contributed by atoms with Crippen LogP contribution in [0.5, 0.6) is 5.75 Å². The summed E-state index contributed by atoms with van der Waals surface area (Å²) in [5.41, 5.74) is 0.710. The van der Waals surface area contributed by atoms with Crippen LogP contribution >= 0.6 is 0 Å². The van der Waals surface area contributed by atoms with Crippen molar-refractivity contribution in [3.63, 3.8) is 0 Å². The lowest BCUT2D eigenvalue weighted by Gasteiger charge is -2.22. The Morgan fingerprint density at radius 2 is 1.68 bits per heavy atom. The van der Waals surface area contributed by atoms with Crippen molar-refractivity contribution in [2.75, 3.05) is 0 Å². The summed E-state index contributed by atoms with van der Waals surface area (Å²) >= 11 is 0. The third-order valence-electron chi connectivity index (χ3n) is 3.49. The highest BCUT2D eigenvalue weighted by Crippen LogP contribution is 2.34. The fraction of sp³-hybridized carbons (Fsp3) is 0.167. The van der Waals surface area contributed by atoms with Gasteiger partial charge in [0.2, 0.25) is 0 Å². The van der Waals surface area contributed by atoms with Gasteiger partial charge in [-0.3, -0.25) is 4.79 Å². The minimum absolute atomic E-state index is 0.115. The van der Waals surface area contributed by atoms with Crippen LogP contribution in [0.1, 0.15) is 35.3 Å². The van der Waals surface area contributed by atoms with E-state index in [1.807, 2.05) is 6.92 Å². The largest absolute Gasteiger partial charge is 0.545 e. The molecule has 1 atom stereocenters. The molecule has 22 heavy (non-hydrogen) atoms. The molecule has 1 unspecified atom stereocenters. The molecule has 0 fully saturated rings. The zero-order valence-electron chi connectivity index (χ0n) is 12.5. The Morgan fingerprint density at radius 1 is 1.09 bits per heavy atom. The van der Waals surface area contributed by atoms with Crippen molar-refractivity contribution in [1.82, 2.24) is 0 Å². The van der Waals surface area contributed by atoms with Crippen LogP contribution in [-0.4, -0.2) is 11.9 Å². The van der Waals surface area contributed by atoms with Crippen LogP contribution in [0.2, 0.25) is 0 Å². The van der Waals surface area contributed by atoms with E-state index in [9.17, 15) is 14.7 Å². The van der Waals surface area contributed by atoms with Gasteiger partial charge in [0, 0.05) is 23.6 Å². The van der Waals surface area contributed by atoms with Gasteiger partial charge in [-0.25, -0.2) is 0 Å². The molecule has 4 nitrogen and oxygen atoms in total. The monoisotopic (exact) mass is 296 g/mol. The van der Waals surface area contributed by atoms with Gasteiger partial charge < -0.3 is 14.6 Å². The van der Waals surface area contributed by atoms with Crippen LogP contribution in [0.3, 0.4) is 0 Å². The first-order valence-electron chi connectivity index (χ1n) is 6.77. The average molecular weight is 296 g/mol. The van der Waals surface area contributed by atoms with E-state index in [1.165, 1.54) is 13.0 Å². The average Bonchev–Trinajstić information content (AvgIpc) is 2.47. The summed E-state index contributed by atoms with van der Waals surface area (Å²) in [7, 11) is 0. The highest BCUT2D eigenvalue weighted by atomic mass is 16.5. The zero-order valence-corrected chi connectivity index (χ0v) is 12.5. The molecule has 0 heterocycles. The summed E-state index contributed by atoms with van der Waals surface area (Å²) < 4.78 is 4.99. The van der Waals surface area contributed by atoms with Crippen LogP contribution in [-0.2, 0) is 10.2 Å². The molecule has 2 aromatic rings. The van der Waals surface area contributed by atoms with Crippen LogP contribution in [0.15, 0.2) is 48.5 Å². The molecule has 0 aliphatic carbocycles. The molecule has 4 heteroatoms. The standard InChI is InChI=1S/C18H16O4/c1-12(19)22-14-10-8-13(9-11-14)18(2,3)16-7-5-4-6-15(16)17(20)21/h4-11H,2H2,1,3H3. The quantitative estimate of drug-likeness (QED) is 0.492. The molecule has 0 N–H and O–H groups in total. The Bertz CT molecular complexity index is 699. The maximum Gasteiger partial charge on any atom is 0.308 e. The van der Waals surface area contributed by atoms with E-state index < -0.39 is 17.4 Å². The van der Waals surface area contributed by atoms with Crippen LogP contribution in [0, 0.1) is 6.92 Å². The lowest BCUT2D eigenvalue weighted by Crippen LogP contribution is -2.29. The summed E-state index contributed by atoms with van der Waals surface area (Å²) in [5, 5.41) is 11.3. The van der Waals surface area contributed by atoms with Gasteiger partial charge in [-0.2, -0.15) is 0 Å². The minimum Gasteiger partial charge on any atom is -0.545 e. The van der Waals surface area contributed by atoms with Crippen molar-refractivity contribution < 1.29 is 19.4 Å². The number of carbonyl (C=O) groups is 2. The second kappa shape index (κ2) is 5.93. The van der Waals surface area contributed by atoms with E-state index in [4.69, 9.17) is 4.74 Å². The van der Waals surface area contributed by atoms with Gasteiger partial charge in [-0.05, 0) is 19.1 Å². The Morgan fingerprint density at radius 3 is 2.23 bits per heavy atom. The van der Waals surface area contributed by atoms with E-state index in [1.54, 1.807) is 42.5 Å². The fourth-order valence-corrected chi connectivity index (χ4v) is 2.35. The molecule has 0 saturated carbocycles. The van der Waals surface area contributed by atoms with Crippen molar-refractivity contribution in [1.29, 1.82) is 0 Å². The second-order valence-corrected chi connectivity index (χ2v) is 5.28. The molecule has 0 aromatic heterocycles. The number of benzene rings is 2. The van der Waals surface area contributed by atoms with Gasteiger partial charge in [0.05, 0.1) is 12.9 Å². The van der Waals surface area contributed by atoms with Crippen LogP contribution in [0.4, 0.5) is 0 Å². The van der Waals surface area contributed by atoms with E-state index in [2.05, 4.69) is 6.92 Å². The van der Waals surface area contributed by atoms with Crippen molar-refractivity contribution >= 4 is 11.9 Å². The van der Waals surface area contributed by atoms with Crippen LogP contribution < -0.4 is 9.84 Å². The Hall–Kier alpha value is -2.75. The van der Waals surface area contributed by atoms with E-state index in [0.29, 0.717) is 11.3 Å². The summed E-state index contributed by atoms with van der Waals surface area (Å²) in [4.78, 5) is 22.2. The molecule has 0 radical (unpaired) electrons. The number of carboxylic acids is 1.